The van der Waals surface area contributed by atoms with Gasteiger partial charge < -0.3 is 4.74 Å². The van der Waals surface area contributed by atoms with Crippen LogP contribution < -0.4 is 0 Å². The molecule has 0 saturated carbocycles. The summed E-state index contributed by atoms with van der Waals surface area (Å²) < 4.78 is 28.9. The Kier molecular flexibility index (Phi) is 6.37. The van der Waals surface area contributed by atoms with Crippen LogP contribution in [-0.2, 0) is 21.1 Å². The summed E-state index contributed by atoms with van der Waals surface area (Å²) in [5.41, 5.74) is 2.27. The Bertz CT molecular complexity index is 953. The van der Waals surface area contributed by atoms with Crippen molar-refractivity contribution in [1.29, 1.82) is 0 Å². The molecule has 1 saturated heterocycles. The van der Waals surface area contributed by atoms with Crippen LogP contribution in [0.15, 0.2) is 41.4 Å². The Morgan fingerprint density at radius 2 is 1.89 bits per heavy atom. The molecular formula is C20H23ClN2O4S. The second-order valence-electron chi connectivity index (χ2n) is 7.05. The number of nitrogens with zero attached hydrogens (tertiary/aromatic N) is 2. The molecule has 0 unspecified atom stereocenters. The summed E-state index contributed by atoms with van der Waals surface area (Å²) in [5.74, 6) is -0.246. The van der Waals surface area contributed by atoms with E-state index in [1.165, 1.54) is 25.6 Å². The molecule has 6 nitrogen and oxygen atoms in total. The van der Waals surface area contributed by atoms with Crippen LogP contribution >= 0.6 is 11.6 Å². The number of carbonyl (C=O) groups is 1. The highest BCUT2D eigenvalue weighted by atomic mass is 35.5. The second kappa shape index (κ2) is 8.59. The smallest absolute Gasteiger partial charge is 0.337 e. The summed E-state index contributed by atoms with van der Waals surface area (Å²) in [4.78, 5) is 18.4. The van der Waals surface area contributed by atoms with Gasteiger partial charge in [-0.1, -0.05) is 23.7 Å². The number of rotatable bonds is 5. The normalized spacial score (nSPS) is 16.1. The van der Waals surface area contributed by atoms with Crippen molar-refractivity contribution in [2.75, 3.05) is 26.5 Å². The van der Waals surface area contributed by atoms with Crippen molar-refractivity contribution < 1.29 is 17.9 Å². The molecule has 0 amide bonds. The SMILES string of the molecule is COC(=O)c1ccc(CN2CCC(c3ncc(Cl)cc3S(C)(=O)=O)CC2)cc1. The van der Waals surface area contributed by atoms with E-state index in [4.69, 9.17) is 16.3 Å². The highest BCUT2D eigenvalue weighted by Gasteiger charge is 2.27. The third-order valence-corrected chi connectivity index (χ3v) is 6.34. The number of ether oxygens (including phenoxy) is 1. The summed E-state index contributed by atoms with van der Waals surface area (Å²) in [5, 5.41) is 0.331. The Morgan fingerprint density at radius 3 is 2.46 bits per heavy atom. The number of hydrogen-bond acceptors (Lipinski definition) is 6. The van der Waals surface area contributed by atoms with Crippen LogP contribution in [0.1, 0.15) is 40.4 Å². The summed E-state index contributed by atoms with van der Waals surface area (Å²) in [7, 11) is -2.01. The zero-order valence-electron chi connectivity index (χ0n) is 15.9. The Hall–Kier alpha value is -1.96. The predicted octanol–water partition coefficient (Wildman–Crippen LogP) is 3.30. The molecular weight excluding hydrogens is 400 g/mol. The number of pyridine rings is 1. The predicted molar refractivity (Wildman–Crippen MR) is 107 cm³/mol. The van der Waals surface area contributed by atoms with Crippen molar-refractivity contribution in [3.05, 3.63) is 58.4 Å². The minimum Gasteiger partial charge on any atom is -0.465 e. The molecule has 2 aromatic rings. The third-order valence-electron chi connectivity index (χ3n) is 5.00. The largest absolute Gasteiger partial charge is 0.465 e. The van der Waals surface area contributed by atoms with Crippen LogP contribution in [0.5, 0.6) is 0 Å². The topological polar surface area (TPSA) is 76.6 Å². The molecule has 8 heteroatoms. The van der Waals surface area contributed by atoms with Gasteiger partial charge >= 0.3 is 5.97 Å². The van der Waals surface area contributed by atoms with Gasteiger partial charge in [-0.3, -0.25) is 9.88 Å². The average Bonchev–Trinajstić information content (AvgIpc) is 2.68. The van der Waals surface area contributed by atoms with Gasteiger partial charge in [-0.15, -0.1) is 0 Å². The number of aromatic nitrogens is 1. The number of likely N-dealkylation sites (tertiary alicyclic amines) is 1. The van der Waals surface area contributed by atoms with Crippen molar-refractivity contribution in [3.63, 3.8) is 0 Å². The highest BCUT2D eigenvalue weighted by molar-refractivity contribution is 7.90. The molecule has 1 aromatic carbocycles. The first-order chi connectivity index (χ1) is 13.3. The zero-order chi connectivity index (χ0) is 20.3. The number of methoxy groups -OCH3 is 1. The van der Waals surface area contributed by atoms with E-state index in [9.17, 15) is 13.2 Å². The number of sulfone groups is 1. The maximum absolute atomic E-state index is 12.1. The van der Waals surface area contributed by atoms with Crippen LogP contribution in [0, 0.1) is 0 Å². The van der Waals surface area contributed by atoms with Crippen LogP contribution in [0.4, 0.5) is 0 Å². The number of esters is 1. The lowest BCUT2D eigenvalue weighted by molar-refractivity contribution is 0.0600. The summed E-state index contributed by atoms with van der Waals surface area (Å²) in [6, 6.07) is 8.89. The number of halogens is 1. The Labute approximate surface area is 170 Å². The van der Waals surface area contributed by atoms with Crippen LogP contribution in [0.3, 0.4) is 0 Å². The lowest BCUT2D eigenvalue weighted by atomic mass is 9.92. The third kappa shape index (κ3) is 4.90. The lowest BCUT2D eigenvalue weighted by Crippen LogP contribution is -2.33. The highest BCUT2D eigenvalue weighted by Crippen LogP contribution is 2.32. The Balaban J connectivity index is 1.65. The van der Waals surface area contributed by atoms with Crippen molar-refractivity contribution in [2.45, 2.75) is 30.2 Å². The fraction of sp³-hybridized carbons (Fsp3) is 0.400. The number of benzene rings is 1. The zero-order valence-corrected chi connectivity index (χ0v) is 17.5. The first-order valence-corrected chi connectivity index (χ1v) is 11.3. The lowest BCUT2D eigenvalue weighted by Gasteiger charge is -2.32. The second-order valence-corrected chi connectivity index (χ2v) is 9.47. The summed E-state index contributed by atoms with van der Waals surface area (Å²) in [6.07, 6.45) is 4.37. The average molecular weight is 423 g/mol. The monoisotopic (exact) mass is 422 g/mol. The summed E-state index contributed by atoms with van der Waals surface area (Å²) >= 11 is 5.95. The molecule has 2 heterocycles. The van der Waals surface area contributed by atoms with E-state index in [0.717, 1.165) is 38.0 Å². The van der Waals surface area contributed by atoms with Gasteiger partial charge in [0.05, 0.1) is 28.3 Å². The standard InChI is InChI=1S/C20H23ClN2O4S/c1-27-20(24)16-5-3-14(4-6-16)13-23-9-7-15(8-10-23)19-18(28(2,25)26)11-17(21)12-22-19/h3-6,11-12,15H,7-10,13H2,1-2H3. The van der Waals surface area contributed by atoms with Crippen LogP contribution in [-0.4, -0.2) is 50.7 Å². The molecule has 150 valence electrons. The van der Waals surface area contributed by atoms with Gasteiger partial charge in [-0.2, -0.15) is 0 Å². The van der Waals surface area contributed by atoms with Crippen molar-refractivity contribution >= 4 is 27.4 Å². The minimum absolute atomic E-state index is 0.0972. The molecule has 1 aliphatic rings. The van der Waals surface area contributed by atoms with Gasteiger partial charge in [-0.25, -0.2) is 13.2 Å². The van der Waals surface area contributed by atoms with Gasteiger partial charge in [0, 0.05) is 24.9 Å². The maximum atomic E-state index is 12.1. The molecule has 0 radical (unpaired) electrons. The van der Waals surface area contributed by atoms with E-state index in [1.807, 2.05) is 12.1 Å². The molecule has 1 fully saturated rings. The van der Waals surface area contributed by atoms with Crippen molar-refractivity contribution in [1.82, 2.24) is 9.88 Å². The molecule has 28 heavy (non-hydrogen) atoms. The van der Waals surface area contributed by atoms with Gasteiger partial charge in [0.25, 0.3) is 0 Å². The van der Waals surface area contributed by atoms with Gasteiger partial charge in [-0.05, 0) is 49.7 Å². The van der Waals surface area contributed by atoms with Crippen LogP contribution in [0.25, 0.3) is 0 Å². The molecule has 1 aromatic heterocycles. The van der Waals surface area contributed by atoms with Crippen molar-refractivity contribution in [2.24, 2.45) is 0 Å². The molecule has 0 aliphatic carbocycles. The molecule has 3 rings (SSSR count). The van der Waals surface area contributed by atoms with Gasteiger partial charge in [0.2, 0.25) is 0 Å². The fourth-order valence-electron chi connectivity index (χ4n) is 3.52. The summed E-state index contributed by atoms with van der Waals surface area (Å²) in [6.45, 7) is 2.47. The first-order valence-electron chi connectivity index (χ1n) is 9.03. The molecule has 1 aliphatic heterocycles. The van der Waals surface area contributed by atoms with Crippen molar-refractivity contribution in [3.8, 4) is 0 Å². The van der Waals surface area contributed by atoms with Gasteiger partial charge in [0.15, 0.2) is 9.84 Å². The van der Waals surface area contributed by atoms with Gasteiger partial charge in [0.1, 0.15) is 0 Å². The van der Waals surface area contributed by atoms with E-state index in [0.29, 0.717) is 16.3 Å². The van der Waals surface area contributed by atoms with E-state index >= 15 is 0 Å². The minimum atomic E-state index is -3.38. The van der Waals surface area contributed by atoms with E-state index < -0.39 is 9.84 Å². The quantitative estimate of drug-likeness (QED) is 0.688. The molecule has 0 spiro atoms. The number of piperidine rings is 1. The fourth-order valence-corrected chi connectivity index (χ4v) is 4.68. The van der Waals surface area contributed by atoms with E-state index in [1.54, 1.807) is 12.1 Å². The number of hydrogen-bond donors (Lipinski definition) is 0. The molecule has 0 N–H and O–H groups in total. The maximum Gasteiger partial charge on any atom is 0.337 e. The first kappa shape index (κ1) is 20.8. The van der Waals surface area contributed by atoms with Crippen LogP contribution in [0.2, 0.25) is 5.02 Å². The van der Waals surface area contributed by atoms with E-state index in [2.05, 4.69) is 9.88 Å². The Morgan fingerprint density at radius 1 is 1.25 bits per heavy atom. The number of carbonyl (C=O) groups excluding carboxylic acids is 1. The molecule has 0 atom stereocenters. The molecule has 0 bridgehead atoms. The van der Waals surface area contributed by atoms with E-state index in [-0.39, 0.29) is 16.8 Å².